The van der Waals surface area contributed by atoms with Gasteiger partial charge in [0.1, 0.15) is 5.75 Å². The summed E-state index contributed by atoms with van der Waals surface area (Å²) in [6.07, 6.45) is 0. The number of anilines is 1. The summed E-state index contributed by atoms with van der Waals surface area (Å²) >= 11 is 6.42. The van der Waals surface area contributed by atoms with E-state index in [2.05, 4.69) is 32.6 Å². The van der Waals surface area contributed by atoms with Gasteiger partial charge in [-0.25, -0.2) is 9.59 Å². The van der Waals surface area contributed by atoms with Crippen LogP contribution in [0.25, 0.3) is 0 Å². The monoisotopic (exact) mass is 484 g/mol. The highest BCUT2D eigenvalue weighted by molar-refractivity contribution is 6.31. The Labute approximate surface area is 204 Å². The van der Waals surface area contributed by atoms with E-state index in [1.54, 1.807) is 20.1 Å². The van der Waals surface area contributed by atoms with Crippen molar-refractivity contribution >= 4 is 29.3 Å². The van der Waals surface area contributed by atoms with Crippen LogP contribution in [0.4, 0.5) is 10.5 Å². The molecule has 0 unspecified atom stereocenters. The average molecular weight is 485 g/mol. The Balaban J connectivity index is 1.54. The second-order valence-electron chi connectivity index (χ2n) is 8.13. The Hall–Kier alpha value is -3.23. The number of rotatable bonds is 7. The van der Waals surface area contributed by atoms with Crippen molar-refractivity contribution in [3.8, 4) is 5.75 Å². The number of carbonyl (C=O) groups is 2. The molecule has 0 aromatic heterocycles. The van der Waals surface area contributed by atoms with E-state index in [-0.39, 0.29) is 12.6 Å². The SMILES string of the molecule is CCOC(=O)C1=C(CN2CCN(c3ccc(OC)cc3)CC2)NC(=O)N[C@H]1c1ccccc1Cl. The topological polar surface area (TPSA) is 83.1 Å². The molecule has 0 aliphatic carbocycles. The summed E-state index contributed by atoms with van der Waals surface area (Å²) in [4.78, 5) is 30.1. The van der Waals surface area contributed by atoms with E-state index >= 15 is 0 Å². The maximum Gasteiger partial charge on any atom is 0.338 e. The van der Waals surface area contributed by atoms with Crippen molar-refractivity contribution in [2.45, 2.75) is 13.0 Å². The zero-order chi connectivity index (χ0) is 24.1. The van der Waals surface area contributed by atoms with E-state index in [4.69, 9.17) is 21.1 Å². The van der Waals surface area contributed by atoms with Crippen molar-refractivity contribution in [3.63, 3.8) is 0 Å². The van der Waals surface area contributed by atoms with Crippen LogP contribution in [0.15, 0.2) is 59.8 Å². The van der Waals surface area contributed by atoms with E-state index in [0.717, 1.165) is 37.6 Å². The van der Waals surface area contributed by atoms with Crippen LogP contribution in [0.1, 0.15) is 18.5 Å². The maximum atomic E-state index is 13.0. The molecule has 1 fully saturated rings. The minimum atomic E-state index is -0.683. The molecule has 9 heteroatoms. The molecule has 2 aromatic carbocycles. The summed E-state index contributed by atoms with van der Waals surface area (Å²) in [5.41, 5.74) is 2.72. The predicted octanol–water partition coefficient (Wildman–Crippen LogP) is 3.34. The molecule has 0 spiro atoms. The van der Waals surface area contributed by atoms with Crippen molar-refractivity contribution in [2.75, 3.05) is 51.3 Å². The predicted molar refractivity (Wildman–Crippen MR) is 131 cm³/mol. The van der Waals surface area contributed by atoms with Crippen LogP contribution in [0.3, 0.4) is 0 Å². The van der Waals surface area contributed by atoms with Crippen molar-refractivity contribution < 1.29 is 19.1 Å². The van der Waals surface area contributed by atoms with Gasteiger partial charge in [-0.05, 0) is 42.8 Å². The molecule has 2 N–H and O–H groups in total. The molecule has 2 aliphatic heterocycles. The van der Waals surface area contributed by atoms with Gasteiger partial charge in [-0.3, -0.25) is 4.90 Å². The van der Waals surface area contributed by atoms with Crippen LogP contribution in [-0.4, -0.2) is 63.3 Å². The molecule has 4 rings (SSSR count). The number of nitrogens with zero attached hydrogens (tertiary/aromatic N) is 2. The highest BCUT2D eigenvalue weighted by Crippen LogP contribution is 2.32. The molecule has 2 heterocycles. The minimum absolute atomic E-state index is 0.235. The molecule has 2 amide bonds. The van der Waals surface area contributed by atoms with Gasteiger partial charge in [0.25, 0.3) is 0 Å². The maximum absolute atomic E-state index is 13.0. The number of halogens is 1. The lowest BCUT2D eigenvalue weighted by Gasteiger charge is -2.38. The van der Waals surface area contributed by atoms with Crippen LogP contribution in [0.5, 0.6) is 5.75 Å². The molecule has 34 heavy (non-hydrogen) atoms. The fourth-order valence-electron chi connectivity index (χ4n) is 4.32. The number of hydrogen-bond acceptors (Lipinski definition) is 6. The summed E-state index contributed by atoms with van der Waals surface area (Å²) in [6.45, 7) is 5.65. The lowest BCUT2D eigenvalue weighted by molar-refractivity contribution is -0.139. The van der Waals surface area contributed by atoms with Gasteiger partial charge in [-0.15, -0.1) is 0 Å². The van der Waals surface area contributed by atoms with Gasteiger partial charge in [-0.1, -0.05) is 29.8 Å². The van der Waals surface area contributed by atoms with Crippen molar-refractivity contribution in [2.24, 2.45) is 0 Å². The minimum Gasteiger partial charge on any atom is -0.497 e. The number of esters is 1. The number of piperazine rings is 1. The molecule has 1 atom stereocenters. The van der Waals surface area contributed by atoms with E-state index in [1.807, 2.05) is 30.3 Å². The zero-order valence-electron chi connectivity index (χ0n) is 19.3. The number of carbonyl (C=O) groups excluding carboxylic acids is 2. The van der Waals surface area contributed by atoms with Crippen LogP contribution >= 0.6 is 11.6 Å². The Morgan fingerprint density at radius 2 is 1.79 bits per heavy atom. The van der Waals surface area contributed by atoms with Crippen LogP contribution in [0.2, 0.25) is 5.02 Å². The van der Waals surface area contributed by atoms with Crippen LogP contribution in [0, 0.1) is 0 Å². The van der Waals surface area contributed by atoms with Gasteiger partial charge in [-0.2, -0.15) is 0 Å². The lowest BCUT2D eigenvalue weighted by atomic mass is 9.94. The molecular formula is C25H29ClN4O4. The first-order valence-electron chi connectivity index (χ1n) is 11.3. The van der Waals surface area contributed by atoms with Crippen LogP contribution < -0.4 is 20.3 Å². The third kappa shape index (κ3) is 5.29. The Bertz CT molecular complexity index is 1060. The molecule has 1 saturated heterocycles. The van der Waals surface area contributed by atoms with Gasteiger partial charge in [0.05, 0.1) is 25.3 Å². The van der Waals surface area contributed by atoms with Crippen molar-refractivity contribution in [1.82, 2.24) is 15.5 Å². The van der Waals surface area contributed by atoms with Crippen LogP contribution in [-0.2, 0) is 9.53 Å². The quantitative estimate of drug-likeness (QED) is 0.586. The average Bonchev–Trinajstić information content (AvgIpc) is 2.84. The first kappa shape index (κ1) is 23.9. The zero-order valence-corrected chi connectivity index (χ0v) is 20.1. The molecule has 180 valence electrons. The molecule has 2 aliphatic rings. The molecule has 2 aromatic rings. The first-order valence-corrected chi connectivity index (χ1v) is 11.7. The number of urea groups is 1. The first-order chi connectivity index (χ1) is 16.5. The number of ether oxygens (including phenoxy) is 2. The third-order valence-electron chi connectivity index (χ3n) is 6.06. The molecule has 0 radical (unpaired) electrons. The van der Waals surface area contributed by atoms with E-state index in [9.17, 15) is 9.59 Å². The summed E-state index contributed by atoms with van der Waals surface area (Å²) in [7, 11) is 1.66. The number of benzene rings is 2. The summed E-state index contributed by atoms with van der Waals surface area (Å²) in [5, 5.41) is 6.16. The van der Waals surface area contributed by atoms with Crippen molar-refractivity contribution in [1.29, 1.82) is 0 Å². The second-order valence-corrected chi connectivity index (χ2v) is 8.53. The normalized spacial score (nSPS) is 18.9. The smallest absolute Gasteiger partial charge is 0.338 e. The molecule has 0 saturated carbocycles. The van der Waals surface area contributed by atoms with E-state index in [1.165, 1.54) is 0 Å². The van der Waals surface area contributed by atoms with Gasteiger partial charge in [0, 0.05) is 49.1 Å². The number of amides is 2. The lowest BCUT2D eigenvalue weighted by Crippen LogP contribution is -2.51. The molecule has 8 nitrogen and oxygen atoms in total. The molecular weight excluding hydrogens is 456 g/mol. The Kier molecular flexibility index (Phi) is 7.59. The highest BCUT2D eigenvalue weighted by atomic mass is 35.5. The Morgan fingerprint density at radius 3 is 2.44 bits per heavy atom. The van der Waals surface area contributed by atoms with Gasteiger partial charge < -0.3 is 25.0 Å². The number of hydrogen-bond donors (Lipinski definition) is 2. The van der Waals surface area contributed by atoms with E-state index < -0.39 is 12.0 Å². The third-order valence-corrected chi connectivity index (χ3v) is 6.40. The highest BCUT2D eigenvalue weighted by Gasteiger charge is 2.35. The molecule has 0 bridgehead atoms. The summed E-state index contributed by atoms with van der Waals surface area (Å²) in [5.74, 6) is 0.363. The largest absolute Gasteiger partial charge is 0.497 e. The van der Waals surface area contributed by atoms with Gasteiger partial charge in [0.15, 0.2) is 0 Å². The Morgan fingerprint density at radius 1 is 1.09 bits per heavy atom. The van der Waals surface area contributed by atoms with E-state index in [0.29, 0.717) is 28.4 Å². The standard InChI is InChI=1S/C25H29ClN4O4/c1-3-34-24(31)22-21(27-25(32)28-23(22)19-6-4-5-7-20(19)26)16-29-12-14-30(15-13-29)17-8-10-18(33-2)11-9-17/h4-11,23H,3,12-16H2,1-2H3,(H2,27,28,32)/t23-/m0/s1. The second kappa shape index (κ2) is 10.8. The fraction of sp³-hybridized carbons (Fsp3) is 0.360. The summed E-state index contributed by atoms with van der Waals surface area (Å²) in [6, 6.07) is 14.2. The van der Waals surface area contributed by atoms with Crippen molar-refractivity contribution in [3.05, 3.63) is 70.4 Å². The summed E-state index contributed by atoms with van der Waals surface area (Å²) < 4.78 is 10.6. The van der Waals surface area contributed by atoms with Gasteiger partial charge >= 0.3 is 12.0 Å². The van der Waals surface area contributed by atoms with Gasteiger partial charge in [0.2, 0.25) is 0 Å². The number of nitrogens with one attached hydrogen (secondary N) is 2. The fourth-order valence-corrected chi connectivity index (χ4v) is 4.56. The number of methoxy groups -OCH3 is 1.